The molecular formula is C20H17ClN4O3S. The van der Waals surface area contributed by atoms with Crippen LogP contribution < -0.4 is 16.2 Å². The van der Waals surface area contributed by atoms with E-state index in [0.29, 0.717) is 33.1 Å². The number of ether oxygens (including phenoxy) is 1. The number of para-hydroxylation sites is 1. The molecule has 0 spiro atoms. The fourth-order valence-electron chi connectivity index (χ4n) is 3.00. The highest BCUT2D eigenvalue weighted by molar-refractivity contribution is 7.98. The minimum Gasteiger partial charge on any atom is -0.496 e. The zero-order valence-electron chi connectivity index (χ0n) is 15.7. The SMILES string of the molecule is COc1ccccc1-c1nnc(SCc2cc(=O)oc3cc(C)c(Cl)cc23)n1N. The van der Waals surface area contributed by atoms with Crippen molar-refractivity contribution in [1.29, 1.82) is 0 Å². The Bertz CT molecular complexity index is 1270. The fraction of sp³-hybridized carbons (Fsp3) is 0.150. The number of nitrogens with two attached hydrogens (primary N) is 1. The van der Waals surface area contributed by atoms with E-state index in [1.165, 1.54) is 22.5 Å². The monoisotopic (exact) mass is 428 g/mol. The van der Waals surface area contributed by atoms with Crippen LogP contribution in [-0.2, 0) is 5.75 Å². The summed E-state index contributed by atoms with van der Waals surface area (Å²) in [5.41, 5.74) is 2.45. The second-order valence-electron chi connectivity index (χ2n) is 6.35. The average molecular weight is 429 g/mol. The lowest BCUT2D eigenvalue weighted by molar-refractivity contribution is 0.416. The Labute approximate surface area is 175 Å². The third-order valence-electron chi connectivity index (χ3n) is 4.48. The molecule has 0 saturated carbocycles. The molecule has 0 aliphatic heterocycles. The molecule has 0 atom stereocenters. The quantitative estimate of drug-likeness (QED) is 0.291. The van der Waals surface area contributed by atoms with Crippen LogP contribution in [0.2, 0.25) is 5.02 Å². The molecule has 0 fully saturated rings. The van der Waals surface area contributed by atoms with Gasteiger partial charge in [0.2, 0.25) is 5.16 Å². The molecule has 7 nitrogen and oxygen atoms in total. The van der Waals surface area contributed by atoms with E-state index in [4.69, 9.17) is 26.6 Å². The van der Waals surface area contributed by atoms with Crippen LogP contribution in [0.25, 0.3) is 22.4 Å². The summed E-state index contributed by atoms with van der Waals surface area (Å²) >= 11 is 7.62. The number of hydrogen-bond acceptors (Lipinski definition) is 7. The standard InChI is InChI=1S/C20H17ClN4O3S/c1-11-7-17-14(9-15(11)21)12(8-18(26)28-17)10-29-20-24-23-19(25(20)22)13-5-3-4-6-16(13)27-2/h3-9H,10,22H2,1-2H3. The van der Waals surface area contributed by atoms with E-state index in [0.717, 1.165) is 22.1 Å². The van der Waals surface area contributed by atoms with Crippen molar-refractivity contribution in [2.75, 3.05) is 13.0 Å². The first-order chi connectivity index (χ1) is 14.0. The molecule has 2 heterocycles. The van der Waals surface area contributed by atoms with Crippen molar-refractivity contribution in [2.24, 2.45) is 0 Å². The number of methoxy groups -OCH3 is 1. The van der Waals surface area contributed by atoms with Gasteiger partial charge in [0.05, 0.1) is 12.7 Å². The average Bonchev–Trinajstić information content (AvgIpc) is 3.07. The Hall–Kier alpha value is -2.97. The molecule has 2 aromatic carbocycles. The van der Waals surface area contributed by atoms with E-state index < -0.39 is 5.63 Å². The van der Waals surface area contributed by atoms with Crippen molar-refractivity contribution in [3.05, 3.63) is 69.0 Å². The molecule has 29 heavy (non-hydrogen) atoms. The molecule has 0 aliphatic carbocycles. The summed E-state index contributed by atoms with van der Waals surface area (Å²) in [6.45, 7) is 1.86. The summed E-state index contributed by atoms with van der Waals surface area (Å²) in [6, 6.07) is 12.5. The third kappa shape index (κ3) is 3.68. The molecule has 0 saturated heterocycles. The first kappa shape index (κ1) is 19.4. The number of benzene rings is 2. The third-order valence-corrected chi connectivity index (χ3v) is 5.88. The number of fused-ring (bicyclic) bond motifs is 1. The number of halogens is 1. The Kier molecular flexibility index (Phi) is 5.21. The van der Waals surface area contributed by atoms with Crippen molar-refractivity contribution in [2.45, 2.75) is 17.8 Å². The summed E-state index contributed by atoms with van der Waals surface area (Å²) in [4.78, 5) is 12.0. The van der Waals surface area contributed by atoms with Crippen LogP contribution >= 0.6 is 23.4 Å². The molecule has 4 rings (SSSR count). The zero-order chi connectivity index (χ0) is 20.5. The summed E-state index contributed by atoms with van der Waals surface area (Å²) in [5, 5.41) is 10.3. The number of aryl methyl sites for hydroxylation is 1. The number of rotatable bonds is 5. The van der Waals surface area contributed by atoms with E-state index in [-0.39, 0.29) is 0 Å². The van der Waals surface area contributed by atoms with Gasteiger partial charge in [-0.2, -0.15) is 0 Å². The first-order valence-corrected chi connectivity index (χ1v) is 10.0. The van der Waals surface area contributed by atoms with Gasteiger partial charge in [-0.25, -0.2) is 9.47 Å². The lowest BCUT2D eigenvalue weighted by Crippen LogP contribution is -2.12. The fourth-order valence-corrected chi connectivity index (χ4v) is 4.01. The van der Waals surface area contributed by atoms with Gasteiger partial charge in [0.1, 0.15) is 11.3 Å². The Morgan fingerprint density at radius 3 is 2.83 bits per heavy atom. The normalized spacial score (nSPS) is 11.1. The molecule has 2 aromatic heterocycles. The molecule has 0 radical (unpaired) electrons. The Morgan fingerprint density at radius 2 is 2.03 bits per heavy atom. The van der Waals surface area contributed by atoms with Gasteiger partial charge in [-0.1, -0.05) is 35.5 Å². The molecule has 4 aromatic rings. The van der Waals surface area contributed by atoms with Crippen molar-refractivity contribution < 1.29 is 9.15 Å². The van der Waals surface area contributed by atoms with Crippen molar-refractivity contribution in [1.82, 2.24) is 14.9 Å². The first-order valence-electron chi connectivity index (χ1n) is 8.67. The molecule has 0 bridgehead atoms. The Balaban J connectivity index is 1.66. The van der Waals surface area contributed by atoms with Crippen LogP contribution in [0, 0.1) is 6.92 Å². The van der Waals surface area contributed by atoms with Crippen LogP contribution in [0.5, 0.6) is 5.75 Å². The predicted octanol–water partition coefficient (Wildman–Crippen LogP) is 4.03. The molecule has 9 heteroatoms. The van der Waals surface area contributed by atoms with Gasteiger partial charge in [-0.3, -0.25) is 0 Å². The smallest absolute Gasteiger partial charge is 0.336 e. The minimum absolute atomic E-state index is 0.418. The van der Waals surface area contributed by atoms with Gasteiger partial charge in [0.15, 0.2) is 5.82 Å². The highest BCUT2D eigenvalue weighted by Crippen LogP contribution is 2.32. The number of aromatic nitrogens is 3. The second-order valence-corrected chi connectivity index (χ2v) is 7.70. The van der Waals surface area contributed by atoms with E-state index in [2.05, 4.69) is 10.2 Å². The summed E-state index contributed by atoms with van der Waals surface area (Å²) < 4.78 is 12.1. The van der Waals surface area contributed by atoms with Gasteiger partial charge in [-0.05, 0) is 42.3 Å². The lowest BCUT2D eigenvalue weighted by Gasteiger charge is -2.09. The van der Waals surface area contributed by atoms with E-state index in [1.54, 1.807) is 19.2 Å². The molecular weight excluding hydrogens is 412 g/mol. The number of hydrogen-bond donors (Lipinski definition) is 1. The zero-order valence-corrected chi connectivity index (χ0v) is 17.3. The van der Waals surface area contributed by atoms with Crippen LogP contribution in [0.15, 0.2) is 56.8 Å². The molecule has 0 amide bonds. The van der Waals surface area contributed by atoms with Gasteiger partial charge < -0.3 is 15.0 Å². The lowest BCUT2D eigenvalue weighted by atomic mass is 10.1. The summed E-state index contributed by atoms with van der Waals surface area (Å²) in [7, 11) is 1.59. The van der Waals surface area contributed by atoms with Crippen molar-refractivity contribution in [3.8, 4) is 17.1 Å². The van der Waals surface area contributed by atoms with Crippen molar-refractivity contribution >= 4 is 34.3 Å². The van der Waals surface area contributed by atoms with Gasteiger partial charge in [0, 0.05) is 22.2 Å². The van der Waals surface area contributed by atoms with Gasteiger partial charge in [0.25, 0.3) is 0 Å². The number of nitrogen functional groups attached to an aromatic ring is 1. The van der Waals surface area contributed by atoms with Crippen LogP contribution in [0.4, 0.5) is 0 Å². The highest BCUT2D eigenvalue weighted by atomic mass is 35.5. The number of nitrogens with zero attached hydrogens (tertiary/aromatic N) is 3. The maximum Gasteiger partial charge on any atom is 0.336 e. The van der Waals surface area contributed by atoms with Crippen LogP contribution in [-0.4, -0.2) is 22.0 Å². The molecule has 148 valence electrons. The van der Waals surface area contributed by atoms with E-state index >= 15 is 0 Å². The maximum atomic E-state index is 12.0. The molecule has 0 unspecified atom stereocenters. The Morgan fingerprint density at radius 1 is 1.24 bits per heavy atom. The van der Waals surface area contributed by atoms with Gasteiger partial charge >= 0.3 is 5.63 Å². The molecule has 2 N–H and O–H groups in total. The minimum atomic E-state index is -0.418. The van der Waals surface area contributed by atoms with Crippen LogP contribution in [0.1, 0.15) is 11.1 Å². The van der Waals surface area contributed by atoms with E-state index in [9.17, 15) is 4.79 Å². The van der Waals surface area contributed by atoms with Crippen molar-refractivity contribution in [3.63, 3.8) is 0 Å². The summed E-state index contributed by atoms with van der Waals surface area (Å²) in [5.74, 6) is 7.81. The highest BCUT2D eigenvalue weighted by Gasteiger charge is 2.17. The van der Waals surface area contributed by atoms with Crippen LogP contribution in [0.3, 0.4) is 0 Å². The predicted molar refractivity (Wildman–Crippen MR) is 114 cm³/mol. The van der Waals surface area contributed by atoms with E-state index in [1.807, 2.05) is 31.2 Å². The maximum absolute atomic E-state index is 12.0. The number of thioether (sulfide) groups is 1. The molecule has 0 aliphatic rings. The topological polar surface area (TPSA) is 96.2 Å². The summed E-state index contributed by atoms with van der Waals surface area (Å²) in [6.07, 6.45) is 0. The van der Waals surface area contributed by atoms with Gasteiger partial charge in [-0.15, -0.1) is 10.2 Å². The largest absolute Gasteiger partial charge is 0.496 e. The second kappa shape index (κ2) is 7.81.